The fourth-order valence-electron chi connectivity index (χ4n) is 2.38. The van der Waals surface area contributed by atoms with Gasteiger partial charge in [-0.2, -0.15) is 0 Å². The van der Waals surface area contributed by atoms with Crippen LogP contribution in [0.1, 0.15) is 31.9 Å². The van der Waals surface area contributed by atoms with E-state index in [0.29, 0.717) is 0 Å². The number of quaternary nitrogens is 1. The third kappa shape index (κ3) is 3.34. The molecule has 90 valence electrons. The average Bonchev–Trinajstić information content (AvgIpc) is 2.32. The molecule has 1 aromatic carbocycles. The summed E-state index contributed by atoms with van der Waals surface area (Å²) in [5, 5.41) is 0. The molecule has 16 heavy (non-hydrogen) atoms. The van der Waals surface area contributed by atoms with Crippen molar-refractivity contribution in [2.24, 2.45) is 0 Å². The van der Waals surface area contributed by atoms with Crippen LogP contribution in [-0.2, 0) is 6.42 Å². The molecule has 0 radical (unpaired) electrons. The van der Waals surface area contributed by atoms with Gasteiger partial charge in [-0.1, -0.05) is 29.8 Å². The van der Waals surface area contributed by atoms with Gasteiger partial charge in [-0.05, 0) is 33.3 Å². The lowest BCUT2D eigenvalue weighted by Crippen LogP contribution is -2.48. The zero-order valence-corrected chi connectivity index (χ0v) is 11.3. The highest BCUT2D eigenvalue weighted by atomic mass is 15.3. The molecule has 1 rings (SSSR count). The fraction of sp³-hybridized carbons (Fsp3) is 0.600. The average molecular weight is 220 g/mol. The first-order valence-corrected chi connectivity index (χ1v) is 6.56. The molecule has 0 atom stereocenters. The molecule has 1 aromatic rings. The number of nitrogens with zero attached hydrogens (tertiary/aromatic N) is 1. The van der Waals surface area contributed by atoms with E-state index < -0.39 is 0 Å². The molecular weight excluding hydrogens is 194 g/mol. The highest BCUT2D eigenvalue weighted by Crippen LogP contribution is 2.11. The van der Waals surface area contributed by atoms with Crippen molar-refractivity contribution in [1.82, 2.24) is 0 Å². The van der Waals surface area contributed by atoms with Crippen molar-refractivity contribution in [2.75, 3.05) is 26.2 Å². The van der Waals surface area contributed by atoms with Crippen molar-refractivity contribution in [3.8, 4) is 0 Å². The number of hydrogen-bond donors (Lipinski definition) is 0. The lowest BCUT2D eigenvalue weighted by atomic mass is 10.1. The van der Waals surface area contributed by atoms with E-state index in [1.165, 1.54) is 48.2 Å². The predicted molar refractivity (Wildman–Crippen MR) is 71.6 cm³/mol. The topological polar surface area (TPSA) is 0 Å². The van der Waals surface area contributed by atoms with Crippen molar-refractivity contribution in [2.45, 2.75) is 34.1 Å². The molecule has 0 N–H and O–H groups in total. The Balaban J connectivity index is 2.62. The summed E-state index contributed by atoms with van der Waals surface area (Å²) in [7, 11) is 0. The van der Waals surface area contributed by atoms with Crippen LogP contribution in [0.4, 0.5) is 0 Å². The van der Waals surface area contributed by atoms with E-state index in [1.807, 2.05) is 0 Å². The summed E-state index contributed by atoms with van der Waals surface area (Å²) in [4.78, 5) is 0. The van der Waals surface area contributed by atoms with Gasteiger partial charge in [0, 0.05) is 6.42 Å². The van der Waals surface area contributed by atoms with Crippen LogP contribution in [0.15, 0.2) is 24.3 Å². The summed E-state index contributed by atoms with van der Waals surface area (Å²) in [6.07, 6.45) is 1.21. The number of likely N-dealkylation sites (N-methyl/N-ethyl adjacent to an activating group) is 1. The summed E-state index contributed by atoms with van der Waals surface area (Å²) in [6.45, 7) is 14.1. The van der Waals surface area contributed by atoms with E-state index in [-0.39, 0.29) is 0 Å². The number of aryl methyl sites for hydroxylation is 1. The van der Waals surface area contributed by atoms with Crippen LogP contribution in [0.3, 0.4) is 0 Å². The minimum Gasteiger partial charge on any atom is -0.324 e. The Morgan fingerprint density at radius 2 is 1.62 bits per heavy atom. The van der Waals surface area contributed by atoms with Gasteiger partial charge in [0.1, 0.15) is 0 Å². The summed E-state index contributed by atoms with van der Waals surface area (Å²) in [6, 6.07) is 8.91. The van der Waals surface area contributed by atoms with Crippen LogP contribution < -0.4 is 0 Å². The molecule has 0 amide bonds. The second-order valence-electron chi connectivity index (χ2n) is 4.75. The van der Waals surface area contributed by atoms with Crippen molar-refractivity contribution in [3.63, 3.8) is 0 Å². The Kier molecular flexibility index (Phi) is 5.01. The minimum atomic E-state index is 1.21. The van der Waals surface area contributed by atoms with Gasteiger partial charge in [0.2, 0.25) is 0 Å². The molecule has 0 bridgehead atoms. The first-order valence-electron chi connectivity index (χ1n) is 6.56. The van der Waals surface area contributed by atoms with Gasteiger partial charge < -0.3 is 4.48 Å². The van der Waals surface area contributed by atoms with Gasteiger partial charge in [0.05, 0.1) is 26.2 Å². The molecule has 0 heterocycles. The van der Waals surface area contributed by atoms with Gasteiger partial charge in [0.15, 0.2) is 0 Å². The number of rotatable bonds is 6. The largest absolute Gasteiger partial charge is 0.324 e. The van der Waals surface area contributed by atoms with E-state index in [2.05, 4.69) is 52.0 Å². The Morgan fingerprint density at radius 3 is 2.12 bits per heavy atom. The van der Waals surface area contributed by atoms with Crippen LogP contribution >= 0.6 is 0 Å². The summed E-state index contributed by atoms with van der Waals surface area (Å²) < 4.78 is 1.24. The van der Waals surface area contributed by atoms with Gasteiger partial charge in [-0.15, -0.1) is 0 Å². The first kappa shape index (κ1) is 13.2. The third-order valence-electron chi connectivity index (χ3n) is 3.97. The third-order valence-corrected chi connectivity index (χ3v) is 3.97. The normalized spacial score (nSPS) is 11.8. The standard InChI is InChI=1S/C15H26N/c1-5-16(6-2,7-3)12-11-15-10-8-9-14(4)13-15/h8-10,13H,5-7,11-12H2,1-4H3/q+1. The highest BCUT2D eigenvalue weighted by molar-refractivity contribution is 5.22. The van der Waals surface area contributed by atoms with Gasteiger partial charge in [-0.3, -0.25) is 0 Å². The van der Waals surface area contributed by atoms with Crippen LogP contribution in [0, 0.1) is 6.92 Å². The van der Waals surface area contributed by atoms with Crippen molar-refractivity contribution in [1.29, 1.82) is 0 Å². The van der Waals surface area contributed by atoms with E-state index in [9.17, 15) is 0 Å². The maximum Gasteiger partial charge on any atom is 0.0827 e. The van der Waals surface area contributed by atoms with Crippen LogP contribution in [0.2, 0.25) is 0 Å². The maximum atomic E-state index is 2.32. The van der Waals surface area contributed by atoms with Crippen LogP contribution in [0.25, 0.3) is 0 Å². The van der Waals surface area contributed by atoms with Crippen molar-refractivity contribution >= 4 is 0 Å². The second kappa shape index (κ2) is 6.05. The number of benzene rings is 1. The lowest BCUT2D eigenvalue weighted by molar-refractivity contribution is -0.923. The van der Waals surface area contributed by atoms with Crippen molar-refractivity contribution < 1.29 is 4.48 Å². The zero-order chi connectivity index (χ0) is 12.0. The SMILES string of the molecule is CC[N+](CC)(CC)CCc1cccc(C)c1. The minimum absolute atomic E-state index is 1.21. The molecule has 0 unspecified atom stereocenters. The molecule has 0 fully saturated rings. The van der Waals surface area contributed by atoms with Gasteiger partial charge >= 0.3 is 0 Å². The van der Waals surface area contributed by atoms with Crippen LogP contribution in [-0.4, -0.2) is 30.7 Å². The molecule has 0 spiro atoms. The van der Waals surface area contributed by atoms with E-state index in [1.54, 1.807) is 0 Å². The second-order valence-corrected chi connectivity index (χ2v) is 4.75. The van der Waals surface area contributed by atoms with E-state index in [4.69, 9.17) is 0 Å². The summed E-state index contributed by atoms with van der Waals surface area (Å²) in [5.74, 6) is 0. The van der Waals surface area contributed by atoms with Crippen LogP contribution in [0.5, 0.6) is 0 Å². The van der Waals surface area contributed by atoms with Gasteiger partial charge in [-0.25, -0.2) is 0 Å². The Morgan fingerprint density at radius 1 is 1.00 bits per heavy atom. The predicted octanol–water partition coefficient (Wildman–Crippen LogP) is 3.41. The first-order chi connectivity index (χ1) is 7.65. The Bertz CT molecular complexity index is 305. The quantitative estimate of drug-likeness (QED) is 0.644. The molecule has 0 aromatic heterocycles. The molecular formula is C15H26N+. The Hall–Kier alpha value is -0.820. The summed E-state index contributed by atoms with van der Waals surface area (Å²) >= 11 is 0. The molecule has 0 aliphatic rings. The molecule has 0 aliphatic heterocycles. The molecule has 0 aliphatic carbocycles. The molecule has 1 heteroatoms. The zero-order valence-electron chi connectivity index (χ0n) is 11.3. The molecule has 1 nitrogen and oxygen atoms in total. The van der Waals surface area contributed by atoms with E-state index in [0.717, 1.165) is 0 Å². The molecule has 0 saturated carbocycles. The lowest BCUT2D eigenvalue weighted by Gasteiger charge is -2.35. The van der Waals surface area contributed by atoms with E-state index >= 15 is 0 Å². The smallest absolute Gasteiger partial charge is 0.0827 e. The van der Waals surface area contributed by atoms with Crippen molar-refractivity contribution in [3.05, 3.63) is 35.4 Å². The maximum absolute atomic E-state index is 2.32. The Labute approximate surface area is 101 Å². The highest BCUT2D eigenvalue weighted by Gasteiger charge is 2.19. The van der Waals surface area contributed by atoms with Gasteiger partial charge in [0.25, 0.3) is 0 Å². The molecule has 0 saturated heterocycles. The summed E-state index contributed by atoms with van der Waals surface area (Å²) in [5.41, 5.74) is 2.86. The monoisotopic (exact) mass is 220 g/mol. The number of hydrogen-bond acceptors (Lipinski definition) is 0. The fourth-order valence-corrected chi connectivity index (χ4v) is 2.38.